The molecule has 0 radical (unpaired) electrons. The Morgan fingerprint density at radius 1 is 1.14 bits per heavy atom. The maximum Gasteiger partial charge on any atom is 0.292 e. The average Bonchev–Trinajstić information content (AvgIpc) is 3.28. The number of hydrogen-bond donors (Lipinski definition) is 1. The van der Waals surface area contributed by atoms with Crippen LogP contribution in [0, 0.1) is 0 Å². The minimum Gasteiger partial charge on any atom is -0.429 e. The van der Waals surface area contributed by atoms with Gasteiger partial charge >= 0.3 is 0 Å². The molecule has 1 saturated carbocycles. The van der Waals surface area contributed by atoms with Gasteiger partial charge in [-0.15, -0.1) is 9.24 Å². The lowest BCUT2D eigenvalue weighted by Gasteiger charge is -2.33. The first-order valence-electron chi connectivity index (χ1n) is 11.7. The molecule has 174 valence electrons. The van der Waals surface area contributed by atoms with Crippen LogP contribution in [0.3, 0.4) is 0 Å². The molecular weight excluding hydrogens is 461 g/mol. The molecule has 1 aliphatic heterocycles. The number of imidazole rings is 1. The molecule has 7 rings (SSSR count). The van der Waals surface area contributed by atoms with Crippen molar-refractivity contribution >= 4 is 26.0 Å². The molecule has 1 aliphatic carbocycles. The normalized spacial score (nSPS) is 17.6. The van der Waals surface area contributed by atoms with Crippen LogP contribution in [-0.4, -0.2) is 46.9 Å². The number of carbonyl (C=O) groups is 1. The van der Waals surface area contributed by atoms with Crippen LogP contribution in [0.5, 0.6) is 0 Å². The second-order valence-electron chi connectivity index (χ2n) is 9.00. The average molecular weight is 483 g/mol. The van der Waals surface area contributed by atoms with Crippen LogP contribution in [0.15, 0.2) is 59.5 Å². The zero-order valence-corrected chi connectivity index (χ0v) is 19.9. The van der Waals surface area contributed by atoms with Crippen molar-refractivity contribution in [3.63, 3.8) is 0 Å². The van der Waals surface area contributed by atoms with Gasteiger partial charge in [0.2, 0.25) is 11.7 Å². The van der Waals surface area contributed by atoms with Gasteiger partial charge in [0, 0.05) is 37.0 Å². The van der Waals surface area contributed by atoms with Gasteiger partial charge in [0.25, 0.3) is 5.91 Å². The Hall–Kier alpha value is -3.84. The molecule has 6 heterocycles. The molecule has 35 heavy (non-hydrogen) atoms. The maximum atomic E-state index is 14.1. The van der Waals surface area contributed by atoms with Crippen molar-refractivity contribution in [3.05, 3.63) is 83.7 Å². The van der Waals surface area contributed by atoms with Gasteiger partial charge in [0.1, 0.15) is 11.7 Å². The van der Waals surface area contributed by atoms with Crippen molar-refractivity contribution in [1.82, 2.24) is 34.4 Å². The number of carbonyl (C=O) groups excluding carboxylic acids is 1. The maximum absolute atomic E-state index is 14.1. The molecule has 2 aliphatic rings. The van der Waals surface area contributed by atoms with E-state index in [0.717, 1.165) is 46.4 Å². The predicted octanol–water partition coefficient (Wildman–Crippen LogP) is 3.27. The van der Waals surface area contributed by atoms with E-state index in [2.05, 4.69) is 24.2 Å². The standard InChI is InChI=1S/C25H22N7O2P/c33-25(23-20(14-6-7-14)29-24(34-23)16-4-1-2-9-26-16)31-11-8-15-21(28-13-27-15)22(31)17-12-18-19(35)5-3-10-32(18)30-17/h1-5,9-10,12-14,22H,6-8,11,35H2,(H,27,28)/t22-/m1/s1. The molecule has 1 amide bonds. The first kappa shape index (κ1) is 20.5. The summed E-state index contributed by atoms with van der Waals surface area (Å²) in [6.07, 6.45) is 7.98. The molecule has 1 fully saturated rings. The Labute approximate surface area is 202 Å². The highest BCUT2D eigenvalue weighted by molar-refractivity contribution is 7.28. The van der Waals surface area contributed by atoms with E-state index in [1.807, 2.05) is 52.0 Å². The number of oxazole rings is 1. The molecule has 10 heteroatoms. The molecule has 1 N–H and O–H groups in total. The van der Waals surface area contributed by atoms with E-state index in [1.165, 1.54) is 0 Å². The third-order valence-electron chi connectivity index (χ3n) is 6.72. The first-order valence-corrected chi connectivity index (χ1v) is 12.2. The van der Waals surface area contributed by atoms with Gasteiger partial charge in [0.15, 0.2) is 0 Å². The lowest BCUT2D eigenvalue weighted by molar-refractivity contribution is 0.0653. The first-order chi connectivity index (χ1) is 17.2. The highest BCUT2D eigenvalue weighted by Gasteiger charge is 2.41. The zero-order chi connectivity index (χ0) is 23.5. The fourth-order valence-corrected chi connectivity index (χ4v) is 5.16. The molecule has 0 aromatic carbocycles. The van der Waals surface area contributed by atoms with Gasteiger partial charge < -0.3 is 14.3 Å². The fraction of sp³-hybridized carbons (Fsp3) is 0.240. The smallest absolute Gasteiger partial charge is 0.292 e. The third kappa shape index (κ3) is 3.38. The number of pyridine rings is 2. The summed E-state index contributed by atoms with van der Waals surface area (Å²) in [4.78, 5) is 32.8. The van der Waals surface area contributed by atoms with Gasteiger partial charge in [-0.2, -0.15) is 5.10 Å². The molecule has 2 atom stereocenters. The Morgan fingerprint density at radius 2 is 2.06 bits per heavy atom. The summed E-state index contributed by atoms with van der Waals surface area (Å²) in [6, 6.07) is 11.1. The van der Waals surface area contributed by atoms with E-state index < -0.39 is 6.04 Å². The van der Waals surface area contributed by atoms with E-state index >= 15 is 0 Å². The Bertz CT molecular complexity index is 1570. The molecular formula is C25H22N7O2P. The van der Waals surface area contributed by atoms with Crippen molar-refractivity contribution < 1.29 is 9.21 Å². The molecule has 5 aromatic rings. The highest BCUT2D eigenvalue weighted by atomic mass is 31.0. The quantitative estimate of drug-likeness (QED) is 0.394. The molecule has 5 aromatic heterocycles. The van der Waals surface area contributed by atoms with E-state index in [1.54, 1.807) is 12.5 Å². The summed E-state index contributed by atoms with van der Waals surface area (Å²) in [5.74, 6) is 0.732. The molecule has 0 spiro atoms. The Balaban J connectivity index is 1.34. The number of hydrogen-bond acceptors (Lipinski definition) is 6. The molecule has 0 saturated heterocycles. The lowest BCUT2D eigenvalue weighted by Crippen LogP contribution is -2.41. The van der Waals surface area contributed by atoms with Gasteiger partial charge in [0.05, 0.1) is 28.9 Å². The van der Waals surface area contributed by atoms with Crippen molar-refractivity contribution in [3.8, 4) is 11.6 Å². The van der Waals surface area contributed by atoms with Crippen molar-refractivity contribution in [1.29, 1.82) is 0 Å². The van der Waals surface area contributed by atoms with Crippen molar-refractivity contribution in [2.24, 2.45) is 0 Å². The van der Waals surface area contributed by atoms with E-state index in [-0.39, 0.29) is 11.8 Å². The zero-order valence-electron chi connectivity index (χ0n) is 18.8. The topological polar surface area (TPSA) is 105 Å². The lowest BCUT2D eigenvalue weighted by atomic mass is 9.99. The van der Waals surface area contributed by atoms with Crippen LogP contribution in [-0.2, 0) is 6.42 Å². The van der Waals surface area contributed by atoms with Gasteiger partial charge in [-0.25, -0.2) is 14.5 Å². The number of nitrogens with zero attached hydrogens (tertiary/aromatic N) is 6. The van der Waals surface area contributed by atoms with Crippen molar-refractivity contribution in [2.45, 2.75) is 31.2 Å². The predicted molar refractivity (Wildman–Crippen MR) is 131 cm³/mol. The SMILES string of the molecule is O=C(c1oc(-c2ccccn2)nc1C1CC1)N1CCc2[nH]cnc2[C@H]1c1cc2c(P)cccn2n1. The van der Waals surface area contributed by atoms with E-state index in [9.17, 15) is 4.79 Å². The van der Waals surface area contributed by atoms with Crippen LogP contribution in [0.2, 0.25) is 0 Å². The summed E-state index contributed by atoms with van der Waals surface area (Å²) >= 11 is 0. The molecule has 1 unspecified atom stereocenters. The van der Waals surface area contributed by atoms with Gasteiger partial charge in [-0.05, 0) is 42.4 Å². The number of aromatic amines is 1. The van der Waals surface area contributed by atoms with E-state index in [4.69, 9.17) is 14.5 Å². The number of H-pyrrole nitrogens is 1. The minimum atomic E-state index is -0.433. The summed E-state index contributed by atoms with van der Waals surface area (Å²) in [7, 11) is 2.74. The van der Waals surface area contributed by atoms with Crippen LogP contribution >= 0.6 is 9.24 Å². The summed E-state index contributed by atoms with van der Waals surface area (Å²) in [6.45, 7) is 0.518. The molecule has 9 nitrogen and oxygen atoms in total. The van der Waals surface area contributed by atoms with E-state index in [0.29, 0.717) is 30.3 Å². The number of aromatic nitrogens is 6. The summed E-state index contributed by atoms with van der Waals surface area (Å²) in [5, 5.41) is 5.86. The number of rotatable bonds is 4. The summed E-state index contributed by atoms with van der Waals surface area (Å²) < 4.78 is 7.96. The summed E-state index contributed by atoms with van der Waals surface area (Å²) in [5.41, 5.74) is 4.92. The highest BCUT2D eigenvalue weighted by Crippen LogP contribution is 2.43. The van der Waals surface area contributed by atoms with Gasteiger partial charge in [-0.3, -0.25) is 9.78 Å². The van der Waals surface area contributed by atoms with Crippen LogP contribution in [0.25, 0.3) is 17.1 Å². The Morgan fingerprint density at radius 3 is 2.86 bits per heavy atom. The number of amides is 1. The fourth-order valence-electron chi connectivity index (χ4n) is 4.83. The van der Waals surface area contributed by atoms with Gasteiger partial charge in [-0.1, -0.05) is 12.1 Å². The Kier molecular flexibility index (Phi) is 4.60. The van der Waals surface area contributed by atoms with Crippen LogP contribution in [0.1, 0.15) is 58.1 Å². The molecule has 0 bridgehead atoms. The largest absolute Gasteiger partial charge is 0.429 e. The third-order valence-corrected chi connectivity index (χ3v) is 7.20. The van der Waals surface area contributed by atoms with Crippen LogP contribution < -0.4 is 5.30 Å². The second kappa shape index (κ2) is 7.85. The van der Waals surface area contributed by atoms with Crippen molar-refractivity contribution in [2.75, 3.05) is 6.54 Å². The van der Waals surface area contributed by atoms with Crippen LogP contribution in [0.4, 0.5) is 0 Å². The number of nitrogens with one attached hydrogen (secondary N) is 1. The monoisotopic (exact) mass is 483 g/mol. The second-order valence-corrected chi connectivity index (χ2v) is 9.62. The minimum absolute atomic E-state index is 0.191. The number of fused-ring (bicyclic) bond motifs is 2.